The van der Waals surface area contributed by atoms with Gasteiger partial charge in [-0.05, 0) is 48.1 Å². The van der Waals surface area contributed by atoms with Gasteiger partial charge in [0.2, 0.25) is 0 Å². The van der Waals surface area contributed by atoms with Crippen LogP contribution in [0.1, 0.15) is 36.8 Å². The molecule has 0 bridgehead atoms. The Morgan fingerprint density at radius 2 is 1.83 bits per heavy atom. The van der Waals surface area contributed by atoms with Crippen LogP contribution in [0.4, 0.5) is 0 Å². The van der Waals surface area contributed by atoms with Crippen LogP contribution in [0.3, 0.4) is 0 Å². The van der Waals surface area contributed by atoms with E-state index in [1.165, 1.54) is 43.4 Å². The molecule has 0 spiro atoms. The van der Waals surface area contributed by atoms with E-state index >= 15 is 0 Å². The van der Waals surface area contributed by atoms with Crippen LogP contribution >= 0.6 is 0 Å². The summed E-state index contributed by atoms with van der Waals surface area (Å²) in [5.41, 5.74) is 3.33. The van der Waals surface area contributed by atoms with Crippen molar-refractivity contribution in [2.24, 2.45) is 11.3 Å². The molecule has 2 nitrogen and oxygen atoms in total. The summed E-state index contributed by atoms with van der Waals surface area (Å²) in [6.07, 6.45) is 5.87. The van der Waals surface area contributed by atoms with Gasteiger partial charge in [0.15, 0.2) is 0 Å². The van der Waals surface area contributed by atoms with Crippen LogP contribution in [0.25, 0.3) is 0 Å². The van der Waals surface area contributed by atoms with Crippen molar-refractivity contribution < 1.29 is 4.74 Å². The molecule has 0 saturated heterocycles. The standard InChI is InChI=1S/C16H23NO/c1-18-11-14-4-2-13(3-5-14)10-17-12-16(8-9-16)15-6-7-15/h2-5,15,17H,6-12H2,1H3. The Morgan fingerprint density at radius 1 is 1.17 bits per heavy atom. The minimum Gasteiger partial charge on any atom is -0.380 e. The molecule has 3 rings (SSSR count). The second kappa shape index (κ2) is 5.02. The number of methoxy groups -OCH3 is 1. The number of hydrogen-bond donors (Lipinski definition) is 1. The predicted molar refractivity (Wildman–Crippen MR) is 73.3 cm³/mol. The largest absolute Gasteiger partial charge is 0.380 e. The second-order valence-electron chi connectivity index (χ2n) is 5.99. The molecule has 2 aliphatic rings. The summed E-state index contributed by atoms with van der Waals surface area (Å²) in [5, 5.41) is 3.65. The first-order valence-corrected chi connectivity index (χ1v) is 7.10. The van der Waals surface area contributed by atoms with Crippen LogP contribution in [0.5, 0.6) is 0 Å². The third kappa shape index (κ3) is 2.76. The van der Waals surface area contributed by atoms with Gasteiger partial charge >= 0.3 is 0 Å². The Balaban J connectivity index is 1.45. The number of benzene rings is 1. The second-order valence-corrected chi connectivity index (χ2v) is 5.99. The summed E-state index contributed by atoms with van der Waals surface area (Å²) < 4.78 is 5.12. The van der Waals surface area contributed by atoms with Crippen LogP contribution in [-0.2, 0) is 17.9 Å². The van der Waals surface area contributed by atoms with Gasteiger partial charge in [0.1, 0.15) is 0 Å². The van der Waals surface area contributed by atoms with Crippen molar-refractivity contribution in [2.45, 2.75) is 38.8 Å². The molecule has 0 radical (unpaired) electrons. The van der Waals surface area contributed by atoms with Gasteiger partial charge in [-0.25, -0.2) is 0 Å². The lowest BCUT2D eigenvalue weighted by Crippen LogP contribution is -2.24. The number of hydrogen-bond acceptors (Lipinski definition) is 2. The Kier molecular flexibility index (Phi) is 3.40. The van der Waals surface area contributed by atoms with Crippen molar-refractivity contribution >= 4 is 0 Å². The SMILES string of the molecule is COCc1ccc(CNCC2(C3CC3)CC2)cc1. The Labute approximate surface area is 110 Å². The lowest BCUT2D eigenvalue weighted by atomic mass is 10.0. The van der Waals surface area contributed by atoms with Gasteiger partial charge in [0.05, 0.1) is 6.61 Å². The molecule has 1 aromatic rings. The third-order valence-electron chi connectivity index (χ3n) is 4.48. The summed E-state index contributed by atoms with van der Waals surface area (Å²) >= 11 is 0. The zero-order chi connectivity index (χ0) is 12.4. The first-order valence-electron chi connectivity index (χ1n) is 7.10. The van der Waals surface area contributed by atoms with Gasteiger partial charge in [-0.15, -0.1) is 0 Å². The normalized spacial score (nSPS) is 20.9. The molecule has 0 heterocycles. The van der Waals surface area contributed by atoms with Gasteiger partial charge in [0.25, 0.3) is 0 Å². The van der Waals surface area contributed by atoms with E-state index in [4.69, 9.17) is 4.74 Å². The first kappa shape index (κ1) is 12.2. The van der Waals surface area contributed by atoms with Gasteiger partial charge in [0, 0.05) is 20.2 Å². The highest BCUT2D eigenvalue weighted by atomic mass is 16.5. The summed E-state index contributed by atoms with van der Waals surface area (Å²) in [5.74, 6) is 1.05. The fraction of sp³-hybridized carbons (Fsp3) is 0.625. The van der Waals surface area contributed by atoms with Gasteiger partial charge in [-0.2, -0.15) is 0 Å². The molecule has 2 saturated carbocycles. The summed E-state index contributed by atoms with van der Waals surface area (Å²) in [7, 11) is 1.74. The topological polar surface area (TPSA) is 21.3 Å². The molecule has 18 heavy (non-hydrogen) atoms. The molecule has 0 amide bonds. The zero-order valence-corrected chi connectivity index (χ0v) is 11.2. The van der Waals surface area contributed by atoms with Gasteiger partial charge < -0.3 is 10.1 Å². The fourth-order valence-corrected chi connectivity index (χ4v) is 2.96. The third-order valence-corrected chi connectivity index (χ3v) is 4.48. The molecule has 0 unspecified atom stereocenters. The van der Waals surface area contributed by atoms with Crippen molar-refractivity contribution in [1.29, 1.82) is 0 Å². The van der Waals surface area contributed by atoms with Crippen LogP contribution in [0.2, 0.25) is 0 Å². The summed E-state index contributed by atoms with van der Waals surface area (Å²) in [6.45, 7) is 2.93. The highest BCUT2D eigenvalue weighted by Crippen LogP contribution is 2.60. The maximum absolute atomic E-state index is 5.12. The minimum absolute atomic E-state index is 0.704. The number of rotatable bonds is 7. The van der Waals surface area contributed by atoms with E-state index in [9.17, 15) is 0 Å². The van der Waals surface area contributed by atoms with E-state index in [2.05, 4.69) is 29.6 Å². The molecule has 2 aliphatic carbocycles. The Hall–Kier alpha value is -0.860. The monoisotopic (exact) mass is 245 g/mol. The number of ether oxygens (including phenoxy) is 1. The number of nitrogens with one attached hydrogen (secondary N) is 1. The predicted octanol–water partition coefficient (Wildman–Crippen LogP) is 3.11. The molecule has 2 fully saturated rings. The maximum atomic E-state index is 5.12. The molecular weight excluding hydrogens is 222 g/mol. The van der Waals surface area contributed by atoms with E-state index in [1.54, 1.807) is 7.11 Å². The molecular formula is C16H23NO. The lowest BCUT2D eigenvalue weighted by Gasteiger charge is -2.15. The van der Waals surface area contributed by atoms with Crippen molar-refractivity contribution in [3.05, 3.63) is 35.4 Å². The van der Waals surface area contributed by atoms with Crippen molar-refractivity contribution in [1.82, 2.24) is 5.32 Å². The van der Waals surface area contributed by atoms with E-state index in [0.717, 1.165) is 12.5 Å². The molecule has 0 aliphatic heterocycles. The van der Waals surface area contributed by atoms with E-state index < -0.39 is 0 Å². The minimum atomic E-state index is 0.704. The molecule has 98 valence electrons. The molecule has 2 heteroatoms. The summed E-state index contributed by atoms with van der Waals surface area (Å²) in [4.78, 5) is 0. The highest BCUT2D eigenvalue weighted by molar-refractivity contribution is 5.22. The zero-order valence-electron chi connectivity index (χ0n) is 11.2. The van der Waals surface area contributed by atoms with Crippen molar-refractivity contribution in [3.8, 4) is 0 Å². The highest BCUT2D eigenvalue weighted by Gasteiger charge is 2.53. The first-order chi connectivity index (χ1) is 8.82. The summed E-state index contributed by atoms with van der Waals surface area (Å²) in [6, 6.07) is 8.73. The van der Waals surface area contributed by atoms with Gasteiger partial charge in [-0.3, -0.25) is 0 Å². The maximum Gasteiger partial charge on any atom is 0.0713 e. The van der Waals surface area contributed by atoms with Gasteiger partial charge in [-0.1, -0.05) is 24.3 Å². The van der Waals surface area contributed by atoms with Crippen LogP contribution in [0.15, 0.2) is 24.3 Å². The average Bonchev–Trinajstić information content (AvgIpc) is 3.26. The quantitative estimate of drug-likeness (QED) is 0.797. The fourth-order valence-electron chi connectivity index (χ4n) is 2.96. The van der Waals surface area contributed by atoms with E-state index in [-0.39, 0.29) is 0 Å². The van der Waals surface area contributed by atoms with Crippen LogP contribution in [-0.4, -0.2) is 13.7 Å². The molecule has 1 N–H and O–H groups in total. The Morgan fingerprint density at radius 3 is 2.39 bits per heavy atom. The van der Waals surface area contributed by atoms with E-state index in [1.807, 2.05) is 0 Å². The van der Waals surface area contributed by atoms with E-state index in [0.29, 0.717) is 12.0 Å². The molecule has 0 aromatic heterocycles. The Bertz CT molecular complexity index is 390. The average molecular weight is 245 g/mol. The smallest absolute Gasteiger partial charge is 0.0713 e. The molecule has 1 aromatic carbocycles. The lowest BCUT2D eigenvalue weighted by molar-refractivity contribution is 0.185. The molecule has 0 atom stereocenters. The van der Waals surface area contributed by atoms with Crippen LogP contribution in [0, 0.1) is 11.3 Å². The van der Waals surface area contributed by atoms with Crippen molar-refractivity contribution in [3.63, 3.8) is 0 Å². The van der Waals surface area contributed by atoms with Crippen LogP contribution < -0.4 is 5.32 Å². The van der Waals surface area contributed by atoms with Crippen molar-refractivity contribution in [2.75, 3.05) is 13.7 Å².